The average Bonchev–Trinajstić information content (AvgIpc) is 3.15. The number of guanidine groups is 1. The summed E-state index contributed by atoms with van der Waals surface area (Å²) in [6, 6.07) is 5.55. The first-order valence-corrected chi connectivity index (χ1v) is 10.9. The van der Waals surface area contributed by atoms with Gasteiger partial charge in [-0.15, -0.1) is 11.3 Å². The van der Waals surface area contributed by atoms with Crippen LogP contribution in [0.15, 0.2) is 22.5 Å². The van der Waals surface area contributed by atoms with Crippen LogP contribution in [0.3, 0.4) is 0 Å². The number of aliphatic imine (C=N–C) groups is 1. The molecule has 1 saturated heterocycles. The Hall–Kier alpha value is -1.11. The fourth-order valence-electron chi connectivity index (χ4n) is 3.93. The van der Waals surface area contributed by atoms with Crippen molar-refractivity contribution >= 4 is 17.3 Å². The van der Waals surface area contributed by atoms with Gasteiger partial charge in [0.15, 0.2) is 5.96 Å². The summed E-state index contributed by atoms with van der Waals surface area (Å²) in [5.41, 5.74) is 0. The van der Waals surface area contributed by atoms with Crippen LogP contribution < -0.4 is 10.6 Å². The van der Waals surface area contributed by atoms with E-state index >= 15 is 0 Å². The lowest BCUT2D eigenvalue weighted by Gasteiger charge is -2.39. The molecule has 0 aliphatic carbocycles. The molecule has 1 aliphatic heterocycles. The first kappa shape index (κ1) is 21.2. The predicted molar refractivity (Wildman–Crippen MR) is 114 cm³/mol. The monoisotopic (exact) mass is 379 g/mol. The Morgan fingerprint density at radius 3 is 2.85 bits per heavy atom. The second kappa shape index (κ2) is 10.9. The van der Waals surface area contributed by atoms with E-state index in [0.29, 0.717) is 18.0 Å². The van der Waals surface area contributed by atoms with E-state index < -0.39 is 0 Å². The van der Waals surface area contributed by atoms with E-state index in [1.54, 1.807) is 0 Å². The van der Waals surface area contributed by atoms with Crippen molar-refractivity contribution in [2.75, 3.05) is 46.8 Å². The normalized spacial score (nSPS) is 22.2. The molecule has 0 saturated carbocycles. The van der Waals surface area contributed by atoms with Crippen LogP contribution in [0.5, 0.6) is 0 Å². The highest BCUT2D eigenvalue weighted by molar-refractivity contribution is 7.10. The summed E-state index contributed by atoms with van der Waals surface area (Å²) >= 11 is 1.88. The Morgan fingerprint density at radius 2 is 2.23 bits per heavy atom. The summed E-state index contributed by atoms with van der Waals surface area (Å²) in [6.07, 6.45) is 2.55. The molecule has 2 unspecified atom stereocenters. The second-order valence-electron chi connectivity index (χ2n) is 7.45. The zero-order valence-electron chi connectivity index (χ0n) is 17.2. The molecule has 0 aromatic carbocycles. The van der Waals surface area contributed by atoms with Crippen molar-refractivity contribution in [1.82, 2.24) is 20.4 Å². The van der Waals surface area contributed by atoms with Gasteiger partial charge < -0.3 is 10.6 Å². The van der Waals surface area contributed by atoms with Crippen LogP contribution in [-0.2, 0) is 0 Å². The number of hydrogen-bond donors (Lipinski definition) is 2. The Kier molecular flexibility index (Phi) is 8.88. The Morgan fingerprint density at radius 1 is 1.42 bits per heavy atom. The Balaban J connectivity index is 1.84. The highest BCUT2D eigenvalue weighted by Gasteiger charge is 2.31. The van der Waals surface area contributed by atoms with Gasteiger partial charge in [0.25, 0.3) is 0 Å². The van der Waals surface area contributed by atoms with Gasteiger partial charge in [-0.2, -0.15) is 0 Å². The molecular weight excluding hydrogens is 342 g/mol. The summed E-state index contributed by atoms with van der Waals surface area (Å²) in [7, 11) is 4.12. The van der Waals surface area contributed by atoms with Crippen molar-refractivity contribution in [2.24, 2.45) is 10.9 Å². The average molecular weight is 380 g/mol. The summed E-state index contributed by atoms with van der Waals surface area (Å²) in [5.74, 6) is 1.54. The summed E-state index contributed by atoms with van der Waals surface area (Å²) in [4.78, 5) is 10.9. The maximum atomic E-state index is 4.41. The van der Waals surface area contributed by atoms with Gasteiger partial charge in [-0.05, 0) is 64.2 Å². The van der Waals surface area contributed by atoms with Gasteiger partial charge in [0.2, 0.25) is 0 Å². The molecule has 2 rings (SSSR count). The zero-order chi connectivity index (χ0) is 18.9. The number of hydrogen-bond acceptors (Lipinski definition) is 4. The lowest BCUT2D eigenvalue weighted by Crippen LogP contribution is -2.46. The maximum Gasteiger partial charge on any atom is 0.191 e. The summed E-state index contributed by atoms with van der Waals surface area (Å²) in [6.45, 7) is 11.9. The van der Waals surface area contributed by atoms with Crippen molar-refractivity contribution in [3.63, 3.8) is 0 Å². The van der Waals surface area contributed by atoms with Gasteiger partial charge in [-0.1, -0.05) is 13.0 Å². The van der Waals surface area contributed by atoms with Gasteiger partial charge >= 0.3 is 0 Å². The molecule has 0 amide bonds. The smallest absolute Gasteiger partial charge is 0.191 e. The zero-order valence-corrected chi connectivity index (χ0v) is 18.0. The van der Waals surface area contributed by atoms with Crippen molar-refractivity contribution in [1.29, 1.82) is 0 Å². The molecule has 0 bridgehead atoms. The predicted octanol–water partition coefficient (Wildman–Crippen LogP) is 3.03. The molecule has 2 atom stereocenters. The highest BCUT2D eigenvalue weighted by atomic mass is 32.1. The largest absolute Gasteiger partial charge is 0.356 e. The molecule has 26 heavy (non-hydrogen) atoms. The Labute approximate surface area is 163 Å². The molecule has 2 heterocycles. The van der Waals surface area contributed by atoms with E-state index in [9.17, 15) is 0 Å². The van der Waals surface area contributed by atoms with Crippen molar-refractivity contribution in [2.45, 2.75) is 45.7 Å². The van der Waals surface area contributed by atoms with Gasteiger partial charge in [0, 0.05) is 43.6 Å². The molecule has 0 spiro atoms. The van der Waals surface area contributed by atoms with Crippen molar-refractivity contribution in [3.8, 4) is 0 Å². The summed E-state index contributed by atoms with van der Waals surface area (Å²) < 4.78 is 0. The first-order chi connectivity index (χ1) is 12.6. The van der Waals surface area contributed by atoms with E-state index in [0.717, 1.165) is 32.1 Å². The number of thiophene rings is 1. The van der Waals surface area contributed by atoms with E-state index in [1.807, 2.05) is 18.4 Å². The van der Waals surface area contributed by atoms with E-state index in [2.05, 4.69) is 70.8 Å². The number of nitrogens with zero attached hydrogens (tertiary/aromatic N) is 3. The molecule has 5 nitrogen and oxygen atoms in total. The minimum atomic E-state index is 0.519. The molecule has 1 aromatic rings. The van der Waals surface area contributed by atoms with Crippen molar-refractivity contribution in [3.05, 3.63) is 22.4 Å². The van der Waals surface area contributed by atoms with Crippen LogP contribution in [0.1, 0.15) is 44.5 Å². The number of piperidine rings is 1. The number of likely N-dealkylation sites (tertiary alicyclic amines) is 1. The van der Waals surface area contributed by atoms with Gasteiger partial charge in [-0.3, -0.25) is 14.8 Å². The molecule has 148 valence electrons. The maximum absolute atomic E-state index is 4.41. The first-order valence-electron chi connectivity index (χ1n) is 9.99. The lowest BCUT2D eigenvalue weighted by molar-refractivity contribution is 0.125. The number of nitrogens with one attached hydrogen (secondary N) is 2. The number of likely N-dealkylation sites (N-methyl/N-ethyl adjacent to an activating group) is 1. The lowest BCUT2D eigenvalue weighted by atomic mass is 9.88. The van der Waals surface area contributed by atoms with Crippen LogP contribution in [0.25, 0.3) is 0 Å². The molecule has 1 aromatic heterocycles. The summed E-state index contributed by atoms with van der Waals surface area (Å²) in [5, 5.41) is 9.24. The second-order valence-corrected chi connectivity index (χ2v) is 8.42. The van der Waals surface area contributed by atoms with E-state index in [-0.39, 0.29) is 0 Å². The molecule has 2 N–H and O–H groups in total. The van der Waals surface area contributed by atoms with E-state index in [1.165, 1.54) is 24.3 Å². The molecular formula is C20H37N5S. The molecule has 1 aliphatic rings. The Bertz CT molecular complexity index is 528. The minimum Gasteiger partial charge on any atom is -0.356 e. The molecule has 6 heteroatoms. The number of rotatable bonds is 8. The third-order valence-electron chi connectivity index (χ3n) is 5.43. The highest BCUT2D eigenvalue weighted by Crippen LogP contribution is 2.36. The molecule has 0 radical (unpaired) electrons. The SMILES string of the molecule is CCN(CCNC(=NC)NCC1CCCN(C)C1c1cccs1)C(C)C. The third kappa shape index (κ3) is 5.96. The van der Waals surface area contributed by atoms with Gasteiger partial charge in [0.1, 0.15) is 0 Å². The topological polar surface area (TPSA) is 42.9 Å². The standard InChI is InChI=1S/C20H37N5S/c1-6-25(16(2)3)13-11-22-20(21-4)23-15-17-9-7-12-24(5)19(17)18-10-8-14-26-18/h8,10,14,16-17,19H,6-7,9,11-13,15H2,1-5H3,(H2,21,22,23). The van der Waals surface area contributed by atoms with Crippen LogP contribution in [0.4, 0.5) is 0 Å². The van der Waals surface area contributed by atoms with Crippen LogP contribution >= 0.6 is 11.3 Å². The quantitative estimate of drug-likeness (QED) is 0.538. The van der Waals surface area contributed by atoms with Crippen LogP contribution in [0, 0.1) is 5.92 Å². The van der Waals surface area contributed by atoms with Gasteiger partial charge in [-0.25, -0.2) is 0 Å². The fraction of sp³-hybridized carbons (Fsp3) is 0.750. The van der Waals surface area contributed by atoms with Crippen LogP contribution in [0.2, 0.25) is 0 Å². The van der Waals surface area contributed by atoms with Crippen molar-refractivity contribution < 1.29 is 0 Å². The fourth-order valence-corrected chi connectivity index (χ4v) is 4.91. The van der Waals surface area contributed by atoms with Gasteiger partial charge in [0.05, 0.1) is 0 Å². The minimum absolute atomic E-state index is 0.519. The molecule has 1 fully saturated rings. The third-order valence-corrected chi connectivity index (χ3v) is 6.37. The van der Waals surface area contributed by atoms with Crippen LogP contribution in [-0.4, -0.2) is 68.6 Å². The van der Waals surface area contributed by atoms with E-state index in [4.69, 9.17) is 0 Å².